The van der Waals surface area contributed by atoms with Gasteiger partial charge in [-0.05, 0) is 24.7 Å². The van der Waals surface area contributed by atoms with Crippen molar-refractivity contribution in [3.8, 4) is 0 Å². The highest BCUT2D eigenvalue weighted by molar-refractivity contribution is 9.10. The molecule has 0 aliphatic rings. The topological polar surface area (TPSA) is 38.3 Å². The van der Waals surface area contributed by atoms with Crippen LogP contribution in [-0.4, -0.2) is 25.9 Å². The molecule has 0 unspecified atom stereocenters. The molecule has 0 atom stereocenters. The number of rotatable bonds is 6. The number of methoxy groups -OCH3 is 1. The lowest BCUT2D eigenvalue weighted by Gasteiger charge is -2.06. The van der Waals surface area contributed by atoms with Gasteiger partial charge in [-0.1, -0.05) is 22.0 Å². The highest BCUT2D eigenvalue weighted by Crippen LogP contribution is 2.25. The Bertz CT molecular complexity index is 385. The lowest BCUT2D eigenvalue weighted by molar-refractivity contribution is -0.140. The summed E-state index contributed by atoms with van der Waals surface area (Å²) in [6.45, 7) is 0.841. The summed E-state index contributed by atoms with van der Waals surface area (Å²) >= 11 is 5.19. The quantitative estimate of drug-likeness (QED) is 0.647. The fourth-order valence-electron chi connectivity index (χ4n) is 1.31. The third-order valence-corrected chi connectivity index (χ3v) is 3.93. The molecule has 0 aromatic heterocycles. The molecular formula is C12H16BrNO2S. The summed E-state index contributed by atoms with van der Waals surface area (Å²) in [5.74, 6) is 0.577. The second kappa shape index (κ2) is 7.74. The molecule has 0 aliphatic heterocycles. The van der Waals surface area contributed by atoms with Crippen molar-refractivity contribution >= 4 is 33.7 Å². The predicted molar refractivity (Wildman–Crippen MR) is 74.3 cm³/mol. The molecule has 0 amide bonds. The molecule has 0 bridgehead atoms. The maximum Gasteiger partial charge on any atom is 0.306 e. The summed E-state index contributed by atoms with van der Waals surface area (Å²) in [4.78, 5) is 12.1. The van der Waals surface area contributed by atoms with Crippen LogP contribution in [0.2, 0.25) is 0 Å². The first-order chi connectivity index (χ1) is 8.17. The molecule has 0 saturated carbocycles. The minimum atomic E-state index is -0.164. The fraction of sp³-hybridized carbons (Fsp3) is 0.417. The Kier molecular flexibility index (Phi) is 6.62. The van der Waals surface area contributed by atoms with E-state index in [4.69, 9.17) is 0 Å². The summed E-state index contributed by atoms with van der Waals surface area (Å²) in [5, 5.41) is 3.11. The van der Waals surface area contributed by atoms with Gasteiger partial charge in [0, 0.05) is 21.7 Å². The maximum atomic E-state index is 11.0. The van der Waals surface area contributed by atoms with Gasteiger partial charge in [0.05, 0.1) is 13.5 Å². The number of halogens is 1. The molecule has 17 heavy (non-hydrogen) atoms. The Morgan fingerprint density at radius 1 is 1.53 bits per heavy atom. The van der Waals surface area contributed by atoms with E-state index in [1.807, 2.05) is 7.05 Å². The smallest absolute Gasteiger partial charge is 0.306 e. The maximum absolute atomic E-state index is 11.0. The highest BCUT2D eigenvalue weighted by atomic mass is 79.9. The molecule has 0 heterocycles. The van der Waals surface area contributed by atoms with Crippen molar-refractivity contribution in [3.63, 3.8) is 0 Å². The number of hydrogen-bond donors (Lipinski definition) is 1. The van der Waals surface area contributed by atoms with Gasteiger partial charge in [0.2, 0.25) is 0 Å². The number of hydrogen-bond acceptors (Lipinski definition) is 4. The van der Waals surface area contributed by atoms with E-state index in [-0.39, 0.29) is 5.97 Å². The molecule has 5 heteroatoms. The van der Waals surface area contributed by atoms with E-state index >= 15 is 0 Å². The second-order valence-corrected chi connectivity index (χ2v) is 5.48. The number of thioether (sulfide) groups is 1. The molecule has 1 rings (SSSR count). The normalized spacial score (nSPS) is 10.3. The minimum Gasteiger partial charge on any atom is -0.469 e. The summed E-state index contributed by atoms with van der Waals surface area (Å²) in [7, 11) is 3.33. The number of ether oxygens (including phenoxy) is 1. The average Bonchev–Trinajstić information content (AvgIpc) is 2.32. The number of carbonyl (C=O) groups excluding carboxylic acids is 1. The highest BCUT2D eigenvalue weighted by Gasteiger charge is 2.03. The molecule has 0 aliphatic carbocycles. The molecular weight excluding hydrogens is 302 g/mol. The molecule has 1 aromatic rings. The van der Waals surface area contributed by atoms with Crippen molar-refractivity contribution in [1.82, 2.24) is 5.32 Å². The summed E-state index contributed by atoms with van der Waals surface area (Å²) < 4.78 is 5.69. The Labute approximate surface area is 114 Å². The molecule has 0 spiro atoms. The van der Waals surface area contributed by atoms with Crippen LogP contribution in [0.3, 0.4) is 0 Å². The van der Waals surface area contributed by atoms with Crippen molar-refractivity contribution in [3.05, 3.63) is 28.2 Å². The van der Waals surface area contributed by atoms with E-state index in [2.05, 4.69) is 44.2 Å². The first-order valence-corrected chi connectivity index (χ1v) is 7.08. The molecule has 94 valence electrons. The van der Waals surface area contributed by atoms with Crippen molar-refractivity contribution in [2.24, 2.45) is 0 Å². The van der Waals surface area contributed by atoms with Gasteiger partial charge < -0.3 is 10.1 Å². The van der Waals surface area contributed by atoms with Gasteiger partial charge in [0.25, 0.3) is 0 Å². The Morgan fingerprint density at radius 3 is 2.88 bits per heavy atom. The molecule has 0 fully saturated rings. The van der Waals surface area contributed by atoms with Crippen LogP contribution in [0.4, 0.5) is 0 Å². The van der Waals surface area contributed by atoms with Crippen molar-refractivity contribution in [2.75, 3.05) is 19.9 Å². The van der Waals surface area contributed by atoms with E-state index in [1.54, 1.807) is 11.8 Å². The number of benzene rings is 1. The fourth-order valence-corrected chi connectivity index (χ4v) is 2.85. The van der Waals surface area contributed by atoms with Crippen LogP contribution in [-0.2, 0) is 16.1 Å². The number of carbonyl (C=O) groups is 1. The third kappa shape index (κ3) is 5.10. The number of esters is 1. The number of nitrogens with one attached hydrogen (secondary N) is 1. The Hall–Kier alpha value is -0.520. The van der Waals surface area contributed by atoms with Gasteiger partial charge in [-0.2, -0.15) is 0 Å². The standard InChI is InChI=1S/C12H16BrNO2S/c1-14-8-9-3-4-10(7-11(9)13)17-6-5-12(15)16-2/h3-4,7,14H,5-6,8H2,1-2H3. The van der Waals surface area contributed by atoms with Crippen molar-refractivity contribution < 1.29 is 9.53 Å². The predicted octanol–water partition coefficient (Wildman–Crippen LogP) is 2.82. The first-order valence-electron chi connectivity index (χ1n) is 5.30. The first kappa shape index (κ1) is 14.5. The molecule has 1 aromatic carbocycles. The summed E-state index contributed by atoms with van der Waals surface area (Å²) in [6, 6.07) is 6.23. The summed E-state index contributed by atoms with van der Waals surface area (Å²) in [5.41, 5.74) is 1.23. The average molecular weight is 318 g/mol. The van der Waals surface area contributed by atoms with Gasteiger partial charge in [-0.15, -0.1) is 11.8 Å². The van der Waals surface area contributed by atoms with Crippen molar-refractivity contribution in [2.45, 2.75) is 17.9 Å². The van der Waals surface area contributed by atoms with Crippen LogP contribution >= 0.6 is 27.7 Å². The van der Waals surface area contributed by atoms with Gasteiger partial charge in [0.1, 0.15) is 0 Å². The Morgan fingerprint density at radius 2 is 2.29 bits per heavy atom. The van der Waals surface area contributed by atoms with E-state index in [1.165, 1.54) is 12.7 Å². The summed E-state index contributed by atoms with van der Waals surface area (Å²) in [6.07, 6.45) is 0.442. The van der Waals surface area contributed by atoms with E-state index < -0.39 is 0 Å². The lowest BCUT2D eigenvalue weighted by Crippen LogP contribution is -2.05. The van der Waals surface area contributed by atoms with Crippen LogP contribution < -0.4 is 5.32 Å². The SMILES string of the molecule is CNCc1ccc(SCCC(=O)OC)cc1Br. The zero-order chi connectivity index (χ0) is 12.7. The third-order valence-electron chi connectivity index (χ3n) is 2.19. The van der Waals surface area contributed by atoms with Crippen molar-refractivity contribution in [1.29, 1.82) is 0 Å². The minimum absolute atomic E-state index is 0.164. The second-order valence-electron chi connectivity index (χ2n) is 3.46. The zero-order valence-electron chi connectivity index (χ0n) is 9.96. The van der Waals surface area contributed by atoms with E-state index in [9.17, 15) is 4.79 Å². The van der Waals surface area contributed by atoms with Crippen LogP contribution in [0.5, 0.6) is 0 Å². The van der Waals surface area contributed by atoms with E-state index in [0.717, 1.165) is 21.7 Å². The van der Waals surface area contributed by atoms with Crippen LogP contribution in [0.1, 0.15) is 12.0 Å². The van der Waals surface area contributed by atoms with Crippen LogP contribution in [0.25, 0.3) is 0 Å². The lowest BCUT2D eigenvalue weighted by atomic mass is 10.2. The van der Waals surface area contributed by atoms with Crippen LogP contribution in [0.15, 0.2) is 27.6 Å². The van der Waals surface area contributed by atoms with Gasteiger partial charge in [-0.25, -0.2) is 0 Å². The van der Waals surface area contributed by atoms with Gasteiger partial charge >= 0.3 is 5.97 Å². The zero-order valence-corrected chi connectivity index (χ0v) is 12.4. The monoisotopic (exact) mass is 317 g/mol. The molecule has 0 saturated heterocycles. The Balaban J connectivity index is 2.50. The van der Waals surface area contributed by atoms with E-state index in [0.29, 0.717) is 6.42 Å². The molecule has 0 radical (unpaired) electrons. The van der Waals surface area contributed by atoms with Gasteiger partial charge in [-0.3, -0.25) is 4.79 Å². The molecule has 1 N–H and O–H groups in total. The van der Waals surface area contributed by atoms with Crippen LogP contribution in [0, 0.1) is 0 Å². The van der Waals surface area contributed by atoms with Gasteiger partial charge in [0.15, 0.2) is 0 Å². The molecule has 3 nitrogen and oxygen atoms in total. The largest absolute Gasteiger partial charge is 0.469 e.